The number of sulfonamides is 1. The van der Waals surface area contributed by atoms with Gasteiger partial charge in [-0.05, 0) is 55.7 Å². The molecule has 1 aliphatic heterocycles. The van der Waals surface area contributed by atoms with Gasteiger partial charge in [0.2, 0.25) is 15.9 Å². The predicted molar refractivity (Wildman–Crippen MR) is 142 cm³/mol. The van der Waals surface area contributed by atoms with Crippen molar-refractivity contribution in [3.8, 4) is 11.5 Å². The molecule has 0 amide bonds. The molecule has 10 heteroatoms. The van der Waals surface area contributed by atoms with Gasteiger partial charge in [0.05, 0.1) is 5.75 Å². The van der Waals surface area contributed by atoms with Gasteiger partial charge in [-0.3, -0.25) is 4.72 Å². The van der Waals surface area contributed by atoms with E-state index in [9.17, 15) is 8.42 Å². The Balaban J connectivity index is 1.40. The minimum Gasteiger partial charge on any atom is -0.403 e. The van der Waals surface area contributed by atoms with E-state index in [0.29, 0.717) is 41.0 Å². The van der Waals surface area contributed by atoms with Gasteiger partial charge < -0.3 is 14.2 Å². The Morgan fingerprint density at radius 1 is 1.19 bits per heavy atom. The third-order valence-corrected chi connectivity index (χ3v) is 8.53. The summed E-state index contributed by atoms with van der Waals surface area (Å²) in [7, 11) is -1.51. The average molecular weight is 511 g/mol. The number of aromatic nitrogens is 3. The standard InChI is InChI=1S/C26H34N6O3S/c1-4-36(33,34)30-23-14-21(15-24(27-23)31(3)16-22-13-18(22)2)25-28-29-26(35-25)32-12-8-11-20(17-32)19-9-6-5-7-10-19/h5-7,9-10,14-15,18,20,22H,4,8,11-13,16-17H2,1-3H3,(H,27,30). The van der Waals surface area contributed by atoms with Crippen LogP contribution in [0.4, 0.5) is 17.7 Å². The number of hydrogen-bond donors (Lipinski definition) is 1. The van der Waals surface area contributed by atoms with Gasteiger partial charge in [0, 0.05) is 38.2 Å². The van der Waals surface area contributed by atoms with Gasteiger partial charge in [0.1, 0.15) is 11.6 Å². The van der Waals surface area contributed by atoms with E-state index in [1.54, 1.807) is 13.0 Å². The third kappa shape index (κ3) is 5.64. The zero-order chi connectivity index (χ0) is 25.3. The van der Waals surface area contributed by atoms with E-state index < -0.39 is 10.0 Å². The van der Waals surface area contributed by atoms with Crippen LogP contribution in [-0.4, -0.2) is 56.0 Å². The first-order valence-electron chi connectivity index (χ1n) is 12.7. The lowest BCUT2D eigenvalue weighted by Gasteiger charge is -2.31. The number of nitrogens with one attached hydrogen (secondary N) is 1. The Morgan fingerprint density at radius 3 is 2.69 bits per heavy atom. The molecule has 0 bridgehead atoms. The van der Waals surface area contributed by atoms with Crippen LogP contribution in [0.5, 0.6) is 0 Å². The Morgan fingerprint density at radius 2 is 1.97 bits per heavy atom. The number of nitrogens with zero attached hydrogens (tertiary/aromatic N) is 5. The minimum atomic E-state index is -3.48. The highest BCUT2D eigenvalue weighted by Gasteiger charge is 2.33. The normalized spacial score (nSPS) is 21.9. The van der Waals surface area contributed by atoms with Crippen LogP contribution in [0.2, 0.25) is 0 Å². The lowest BCUT2D eigenvalue weighted by atomic mass is 9.91. The molecule has 1 aliphatic carbocycles. The second-order valence-electron chi connectivity index (χ2n) is 10.0. The molecule has 36 heavy (non-hydrogen) atoms. The largest absolute Gasteiger partial charge is 0.403 e. The molecule has 9 nitrogen and oxygen atoms in total. The van der Waals surface area contributed by atoms with Crippen molar-refractivity contribution in [1.82, 2.24) is 15.2 Å². The molecule has 0 spiro atoms. The summed E-state index contributed by atoms with van der Waals surface area (Å²) < 4.78 is 33.2. The van der Waals surface area contributed by atoms with Crippen LogP contribution in [0.1, 0.15) is 44.6 Å². The van der Waals surface area contributed by atoms with E-state index in [1.165, 1.54) is 12.0 Å². The summed E-state index contributed by atoms with van der Waals surface area (Å²) in [6.45, 7) is 6.38. The van der Waals surface area contributed by atoms with Crippen LogP contribution in [0, 0.1) is 11.8 Å². The molecule has 1 aromatic carbocycles. The van der Waals surface area contributed by atoms with Crippen molar-refractivity contribution in [2.24, 2.45) is 11.8 Å². The lowest BCUT2D eigenvalue weighted by molar-refractivity contribution is 0.463. The van der Waals surface area contributed by atoms with Crippen LogP contribution < -0.4 is 14.5 Å². The van der Waals surface area contributed by atoms with Crippen LogP contribution in [0.25, 0.3) is 11.5 Å². The zero-order valence-corrected chi connectivity index (χ0v) is 21.9. The second-order valence-corrected chi connectivity index (χ2v) is 12.1. The molecule has 3 aromatic rings. The molecule has 192 valence electrons. The summed E-state index contributed by atoms with van der Waals surface area (Å²) >= 11 is 0. The third-order valence-electron chi connectivity index (χ3n) is 7.25. The van der Waals surface area contributed by atoms with E-state index in [-0.39, 0.29) is 11.6 Å². The lowest BCUT2D eigenvalue weighted by Crippen LogP contribution is -2.34. The maximum atomic E-state index is 12.3. The minimum absolute atomic E-state index is 0.0358. The van der Waals surface area contributed by atoms with E-state index in [0.717, 1.165) is 32.5 Å². The van der Waals surface area contributed by atoms with E-state index in [4.69, 9.17) is 4.42 Å². The molecule has 2 fully saturated rings. The quantitative estimate of drug-likeness (QED) is 0.453. The fraction of sp³-hybridized carbons (Fsp3) is 0.500. The molecule has 1 saturated heterocycles. The van der Waals surface area contributed by atoms with Crippen molar-refractivity contribution in [2.45, 2.75) is 39.0 Å². The molecule has 2 aromatic heterocycles. The maximum absolute atomic E-state index is 12.3. The molecule has 3 unspecified atom stereocenters. The van der Waals surface area contributed by atoms with Gasteiger partial charge in [-0.1, -0.05) is 42.4 Å². The number of benzene rings is 1. The maximum Gasteiger partial charge on any atom is 0.318 e. The van der Waals surface area contributed by atoms with Crippen molar-refractivity contribution < 1.29 is 12.8 Å². The summed E-state index contributed by atoms with van der Waals surface area (Å²) in [5.41, 5.74) is 1.96. The molecule has 3 heterocycles. The highest BCUT2D eigenvalue weighted by molar-refractivity contribution is 7.92. The molecule has 0 radical (unpaired) electrons. The zero-order valence-electron chi connectivity index (χ0n) is 21.1. The summed E-state index contributed by atoms with van der Waals surface area (Å²) in [4.78, 5) is 8.78. The Kier molecular flexibility index (Phi) is 6.87. The van der Waals surface area contributed by atoms with Crippen LogP contribution in [0.3, 0.4) is 0 Å². The topological polar surface area (TPSA) is 104 Å². The molecule has 1 N–H and O–H groups in total. The predicted octanol–water partition coefficient (Wildman–Crippen LogP) is 4.37. The fourth-order valence-electron chi connectivity index (χ4n) is 4.83. The van der Waals surface area contributed by atoms with Crippen molar-refractivity contribution in [3.05, 3.63) is 48.0 Å². The van der Waals surface area contributed by atoms with Gasteiger partial charge in [0.15, 0.2) is 0 Å². The molecular formula is C26H34N6O3S. The molecule has 1 saturated carbocycles. The van der Waals surface area contributed by atoms with Crippen LogP contribution >= 0.6 is 0 Å². The molecule has 3 atom stereocenters. The number of piperidine rings is 1. The summed E-state index contributed by atoms with van der Waals surface area (Å²) in [6.07, 6.45) is 3.37. The van der Waals surface area contributed by atoms with Crippen LogP contribution in [-0.2, 0) is 10.0 Å². The van der Waals surface area contributed by atoms with E-state index in [1.807, 2.05) is 19.2 Å². The highest BCUT2D eigenvalue weighted by atomic mass is 32.2. The van der Waals surface area contributed by atoms with Crippen molar-refractivity contribution in [2.75, 3.05) is 47.0 Å². The van der Waals surface area contributed by atoms with E-state index in [2.05, 4.69) is 60.9 Å². The first-order valence-corrected chi connectivity index (χ1v) is 14.3. The number of hydrogen-bond acceptors (Lipinski definition) is 8. The number of rotatable bonds is 9. The number of anilines is 3. The number of pyridine rings is 1. The van der Waals surface area contributed by atoms with Gasteiger partial charge >= 0.3 is 6.01 Å². The van der Waals surface area contributed by atoms with Crippen LogP contribution in [0.15, 0.2) is 46.9 Å². The smallest absolute Gasteiger partial charge is 0.318 e. The Bertz CT molecular complexity index is 1300. The van der Waals surface area contributed by atoms with Crippen molar-refractivity contribution in [1.29, 1.82) is 0 Å². The Hall–Kier alpha value is -3.14. The van der Waals surface area contributed by atoms with Gasteiger partial charge in [-0.15, -0.1) is 5.10 Å². The van der Waals surface area contributed by atoms with Crippen molar-refractivity contribution >= 4 is 27.7 Å². The summed E-state index contributed by atoms with van der Waals surface area (Å²) in [6, 6.07) is 14.6. The molecular weight excluding hydrogens is 476 g/mol. The Labute approximate surface area is 213 Å². The second kappa shape index (κ2) is 10.1. The first-order chi connectivity index (χ1) is 17.3. The molecule has 2 aliphatic rings. The first kappa shape index (κ1) is 24.5. The van der Waals surface area contributed by atoms with Gasteiger partial charge in [-0.2, -0.15) is 0 Å². The van der Waals surface area contributed by atoms with Gasteiger partial charge in [-0.25, -0.2) is 13.4 Å². The highest BCUT2D eigenvalue weighted by Crippen LogP contribution is 2.39. The van der Waals surface area contributed by atoms with E-state index >= 15 is 0 Å². The average Bonchev–Trinajstić information content (AvgIpc) is 3.36. The summed E-state index contributed by atoms with van der Waals surface area (Å²) in [5.74, 6) is 2.98. The van der Waals surface area contributed by atoms with Gasteiger partial charge in [0.25, 0.3) is 0 Å². The molecule has 5 rings (SSSR count). The monoisotopic (exact) mass is 510 g/mol. The summed E-state index contributed by atoms with van der Waals surface area (Å²) in [5, 5.41) is 8.67. The van der Waals surface area contributed by atoms with Crippen molar-refractivity contribution in [3.63, 3.8) is 0 Å². The fourth-order valence-corrected chi connectivity index (χ4v) is 5.39. The SMILES string of the molecule is CCS(=O)(=O)Nc1cc(-c2nnc(N3CCCC(c4ccccc4)C3)o2)cc(N(C)CC2CC2C)n1.